The smallest absolute Gasteiger partial charge is 0.335 e. The Morgan fingerprint density at radius 1 is 1.03 bits per heavy atom. The molecule has 0 spiro atoms. The first-order valence-corrected chi connectivity index (χ1v) is 11.2. The van der Waals surface area contributed by atoms with Gasteiger partial charge in [0.05, 0.1) is 11.3 Å². The molecule has 0 atom stereocenters. The van der Waals surface area contributed by atoms with Gasteiger partial charge in [0.15, 0.2) is 5.11 Å². The highest BCUT2D eigenvalue weighted by Crippen LogP contribution is 2.27. The first-order chi connectivity index (χ1) is 16.3. The largest absolute Gasteiger partial charge is 0.488 e. The third-order valence-electron chi connectivity index (χ3n) is 5.00. The number of nitrogens with one attached hydrogen (secondary N) is 1. The fourth-order valence-electron chi connectivity index (χ4n) is 3.27. The van der Waals surface area contributed by atoms with Crippen molar-refractivity contribution >= 4 is 62.8 Å². The first kappa shape index (κ1) is 23.3. The molecule has 0 saturated carbocycles. The van der Waals surface area contributed by atoms with Crippen LogP contribution in [0.5, 0.6) is 5.75 Å². The van der Waals surface area contributed by atoms with Crippen LogP contribution in [0, 0.1) is 0 Å². The molecule has 1 saturated heterocycles. The molecule has 34 heavy (non-hydrogen) atoms. The van der Waals surface area contributed by atoms with Gasteiger partial charge in [-0.1, -0.05) is 46.3 Å². The van der Waals surface area contributed by atoms with Crippen molar-refractivity contribution in [1.82, 2.24) is 5.32 Å². The number of carbonyl (C=O) groups is 3. The van der Waals surface area contributed by atoms with Crippen molar-refractivity contribution in [3.8, 4) is 5.75 Å². The molecule has 0 aliphatic carbocycles. The van der Waals surface area contributed by atoms with Crippen LogP contribution >= 0.6 is 28.1 Å². The Morgan fingerprint density at radius 2 is 1.71 bits per heavy atom. The summed E-state index contributed by atoms with van der Waals surface area (Å²) in [7, 11) is 0. The average Bonchev–Trinajstić information content (AvgIpc) is 2.82. The molecule has 7 nitrogen and oxygen atoms in total. The lowest BCUT2D eigenvalue weighted by Crippen LogP contribution is -2.54. The Labute approximate surface area is 208 Å². The molecule has 0 aromatic heterocycles. The van der Waals surface area contributed by atoms with Crippen molar-refractivity contribution < 1.29 is 24.2 Å². The van der Waals surface area contributed by atoms with E-state index in [-0.39, 0.29) is 22.9 Å². The summed E-state index contributed by atoms with van der Waals surface area (Å²) >= 11 is 8.59. The van der Waals surface area contributed by atoms with E-state index < -0.39 is 17.8 Å². The molecule has 0 radical (unpaired) electrons. The van der Waals surface area contributed by atoms with Crippen molar-refractivity contribution in [2.45, 2.75) is 6.61 Å². The van der Waals surface area contributed by atoms with Gasteiger partial charge < -0.3 is 9.84 Å². The van der Waals surface area contributed by atoms with E-state index in [1.54, 1.807) is 60.7 Å². The molecule has 1 aliphatic rings. The zero-order valence-electron chi connectivity index (χ0n) is 17.5. The Bertz CT molecular complexity index is 1320. The summed E-state index contributed by atoms with van der Waals surface area (Å²) in [6, 6.07) is 20.3. The second kappa shape index (κ2) is 9.98. The molecule has 1 aliphatic heterocycles. The number of hydrogen-bond acceptors (Lipinski definition) is 5. The van der Waals surface area contributed by atoms with E-state index in [9.17, 15) is 14.4 Å². The number of aromatic carboxylic acids is 1. The van der Waals surface area contributed by atoms with Crippen LogP contribution in [0.15, 0.2) is 82.8 Å². The van der Waals surface area contributed by atoms with Crippen molar-refractivity contribution in [2.24, 2.45) is 0 Å². The van der Waals surface area contributed by atoms with Crippen LogP contribution in [0.2, 0.25) is 0 Å². The summed E-state index contributed by atoms with van der Waals surface area (Å²) in [6.07, 6.45) is 1.47. The molecule has 1 heterocycles. The fraction of sp³-hybridized carbons (Fsp3) is 0.0400. The second-order valence-corrected chi connectivity index (χ2v) is 8.57. The van der Waals surface area contributed by atoms with E-state index >= 15 is 0 Å². The molecule has 170 valence electrons. The highest BCUT2D eigenvalue weighted by Gasteiger charge is 2.34. The number of carbonyl (C=O) groups excluding carboxylic acids is 2. The van der Waals surface area contributed by atoms with Gasteiger partial charge in [0.2, 0.25) is 0 Å². The van der Waals surface area contributed by atoms with E-state index in [2.05, 4.69) is 21.2 Å². The maximum absolute atomic E-state index is 13.2. The number of thiocarbonyl (C=S) groups is 1. The van der Waals surface area contributed by atoms with Crippen LogP contribution in [0.25, 0.3) is 6.08 Å². The lowest BCUT2D eigenvalue weighted by Gasteiger charge is -2.29. The van der Waals surface area contributed by atoms with E-state index in [0.29, 0.717) is 17.0 Å². The zero-order valence-corrected chi connectivity index (χ0v) is 19.9. The molecule has 4 rings (SSSR count). The molecular formula is C25H17BrN2O5S. The summed E-state index contributed by atoms with van der Waals surface area (Å²) < 4.78 is 6.74. The molecule has 2 amide bonds. The topological polar surface area (TPSA) is 95.9 Å². The predicted molar refractivity (Wildman–Crippen MR) is 135 cm³/mol. The van der Waals surface area contributed by atoms with Gasteiger partial charge in [0.25, 0.3) is 11.8 Å². The molecule has 0 bridgehead atoms. The Morgan fingerprint density at radius 3 is 2.38 bits per heavy atom. The molecule has 9 heteroatoms. The van der Waals surface area contributed by atoms with Gasteiger partial charge in [0, 0.05) is 10.0 Å². The summed E-state index contributed by atoms with van der Waals surface area (Å²) in [6.45, 7) is 0.176. The minimum Gasteiger partial charge on any atom is -0.488 e. The van der Waals surface area contributed by atoms with Gasteiger partial charge in [-0.25, -0.2) is 4.79 Å². The Balaban J connectivity index is 1.59. The average molecular weight is 537 g/mol. The van der Waals surface area contributed by atoms with E-state index in [1.165, 1.54) is 23.1 Å². The lowest BCUT2D eigenvalue weighted by molar-refractivity contribution is -0.122. The van der Waals surface area contributed by atoms with E-state index in [4.69, 9.17) is 22.1 Å². The third kappa shape index (κ3) is 5.05. The van der Waals surface area contributed by atoms with Crippen LogP contribution < -0.4 is 15.0 Å². The van der Waals surface area contributed by atoms with Crippen LogP contribution in [-0.4, -0.2) is 28.0 Å². The minimum absolute atomic E-state index is 0.00353. The summed E-state index contributed by atoms with van der Waals surface area (Å²) in [5.41, 5.74) is 1.93. The molecular weight excluding hydrogens is 520 g/mol. The van der Waals surface area contributed by atoms with Crippen molar-refractivity contribution in [3.05, 3.63) is 99.5 Å². The normalized spacial score (nSPS) is 14.8. The maximum atomic E-state index is 13.2. The molecule has 3 aromatic carbocycles. The van der Waals surface area contributed by atoms with Crippen molar-refractivity contribution in [2.75, 3.05) is 4.90 Å². The zero-order chi connectivity index (χ0) is 24.2. The highest BCUT2D eigenvalue weighted by atomic mass is 79.9. The number of amides is 2. The molecule has 0 unspecified atom stereocenters. The Hall–Kier alpha value is -3.82. The number of halogens is 1. The Kier molecular flexibility index (Phi) is 6.85. The predicted octanol–water partition coefficient (Wildman–Crippen LogP) is 4.56. The van der Waals surface area contributed by atoms with Gasteiger partial charge >= 0.3 is 5.97 Å². The SMILES string of the molecule is O=C1NC(=S)N(c2ccc(Br)cc2)C(=O)/C1=C/c1ccccc1OCc1ccc(C(=O)O)cc1. The van der Waals surface area contributed by atoms with Crippen molar-refractivity contribution in [3.63, 3.8) is 0 Å². The molecule has 3 aromatic rings. The number of nitrogens with zero attached hydrogens (tertiary/aromatic N) is 1. The van der Waals surface area contributed by atoms with Gasteiger partial charge in [-0.3, -0.25) is 19.8 Å². The third-order valence-corrected chi connectivity index (χ3v) is 5.81. The summed E-state index contributed by atoms with van der Waals surface area (Å²) in [5.74, 6) is -1.68. The van der Waals surface area contributed by atoms with Gasteiger partial charge in [-0.15, -0.1) is 0 Å². The van der Waals surface area contributed by atoms with E-state index in [0.717, 1.165) is 10.0 Å². The van der Waals surface area contributed by atoms with Crippen molar-refractivity contribution in [1.29, 1.82) is 0 Å². The molecule has 2 N–H and O–H groups in total. The number of rotatable bonds is 6. The molecule has 1 fully saturated rings. The number of anilines is 1. The quantitative estimate of drug-likeness (QED) is 0.272. The number of carboxylic acid groups (broad SMARTS) is 1. The number of carboxylic acids is 1. The summed E-state index contributed by atoms with van der Waals surface area (Å²) in [4.78, 5) is 38.1. The van der Waals surface area contributed by atoms with Crippen LogP contribution in [0.3, 0.4) is 0 Å². The monoisotopic (exact) mass is 536 g/mol. The van der Waals surface area contributed by atoms with Crippen LogP contribution in [0.4, 0.5) is 5.69 Å². The van der Waals surface area contributed by atoms with Gasteiger partial charge in [-0.05, 0) is 66.3 Å². The maximum Gasteiger partial charge on any atom is 0.335 e. The highest BCUT2D eigenvalue weighted by molar-refractivity contribution is 9.10. The minimum atomic E-state index is -1.00. The van der Waals surface area contributed by atoms with Gasteiger partial charge in [0.1, 0.15) is 17.9 Å². The van der Waals surface area contributed by atoms with Crippen LogP contribution in [-0.2, 0) is 16.2 Å². The lowest BCUT2D eigenvalue weighted by atomic mass is 10.1. The number of hydrogen-bond donors (Lipinski definition) is 2. The van der Waals surface area contributed by atoms with Gasteiger partial charge in [-0.2, -0.15) is 0 Å². The second-order valence-electron chi connectivity index (χ2n) is 7.26. The standard InChI is InChI=1S/C25H17BrN2O5S/c26-18-9-11-19(12-10-18)28-23(30)20(22(29)27-25(28)34)13-17-3-1-2-4-21(17)33-14-15-5-7-16(8-6-15)24(31)32/h1-13H,14H2,(H,31,32)(H,27,29,34)/b20-13+. The number of ether oxygens (including phenoxy) is 1. The van der Waals surface area contributed by atoms with Crippen LogP contribution in [0.1, 0.15) is 21.5 Å². The van der Waals surface area contributed by atoms with E-state index in [1.807, 2.05) is 0 Å². The summed E-state index contributed by atoms with van der Waals surface area (Å²) in [5, 5.41) is 11.6. The first-order valence-electron chi connectivity index (χ1n) is 10.0. The number of benzene rings is 3. The fourth-order valence-corrected chi connectivity index (χ4v) is 3.82. The number of para-hydroxylation sites is 1.